The van der Waals surface area contributed by atoms with E-state index in [2.05, 4.69) is 15.0 Å². The van der Waals surface area contributed by atoms with Crippen molar-refractivity contribution in [3.05, 3.63) is 57.8 Å². The molecule has 2 aromatic rings. The smallest absolute Gasteiger partial charge is 0.421 e. The molecule has 1 aromatic carbocycles. The van der Waals surface area contributed by atoms with Gasteiger partial charge in [0.25, 0.3) is 5.69 Å². The number of halogens is 3. The van der Waals surface area contributed by atoms with Crippen molar-refractivity contribution in [2.45, 2.75) is 12.6 Å². The molecule has 11 heteroatoms. The lowest BCUT2D eigenvalue weighted by atomic mass is 10.1. The summed E-state index contributed by atoms with van der Waals surface area (Å²) in [5.41, 5.74) is -0.912. The fraction of sp³-hybridized carbons (Fsp3) is 0.250. The number of non-ortho nitro benzene ring substituents is 1. The number of nitro benzene ring substituents is 1. The quantitative estimate of drug-likeness (QED) is 0.604. The van der Waals surface area contributed by atoms with Crippen LogP contribution in [0.3, 0.4) is 0 Å². The number of alkyl halides is 3. The Morgan fingerprint density at radius 2 is 1.96 bits per heavy atom. The van der Waals surface area contributed by atoms with Crippen molar-refractivity contribution >= 4 is 11.8 Å². The highest BCUT2D eigenvalue weighted by atomic mass is 19.4. The summed E-state index contributed by atoms with van der Waals surface area (Å²) in [5, 5.41) is 12.9. The zero-order chi connectivity index (χ0) is 20.0. The van der Waals surface area contributed by atoms with E-state index < -0.39 is 28.6 Å². The summed E-state index contributed by atoms with van der Waals surface area (Å²) in [4.78, 5) is 25.2. The van der Waals surface area contributed by atoms with Crippen molar-refractivity contribution in [2.24, 2.45) is 0 Å². The van der Waals surface area contributed by atoms with Crippen molar-refractivity contribution < 1.29 is 32.4 Å². The monoisotopic (exact) mass is 385 g/mol. The molecular formula is C16H14F3N3O5. The Hall–Kier alpha value is -3.37. The van der Waals surface area contributed by atoms with E-state index in [1.807, 2.05) is 0 Å². The molecule has 0 bridgehead atoms. The van der Waals surface area contributed by atoms with Gasteiger partial charge in [0.15, 0.2) is 0 Å². The number of rotatable bonds is 6. The zero-order valence-electron chi connectivity index (χ0n) is 13.9. The molecule has 1 amide bonds. The number of carbonyl (C=O) groups excluding carboxylic acids is 1. The van der Waals surface area contributed by atoms with E-state index >= 15 is 0 Å². The standard InChI is InChI=1S/C16H14F3N3O5/c1-26-14-13(16(17,18)19)8-10(9-21-14)6-7-20-15(23)27-12-4-2-11(3-5-12)22(24)25/h2-5,8-9H,6-7H2,1H3,(H,20,23). The first-order valence-electron chi connectivity index (χ1n) is 7.51. The van der Waals surface area contributed by atoms with Gasteiger partial charge in [-0.15, -0.1) is 0 Å². The van der Waals surface area contributed by atoms with Gasteiger partial charge >= 0.3 is 12.3 Å². The van der Waals surface area contributed by atoms with Crippen LogP contribution in [0.1, 0.15) is 11.1 Å². The maximum absolute atomic E-state index is 12.9. The van der Waals surface area contributed by atoms with E-state index in [-0.39, 0.29) is 30.0 Å². The average molecular weight is 385 g/mol. The van der Waals surface area contributed by atoms with Crippen molar-refractivity contribution in [3.8, 4) is 11.6 Å². The van der Waals surface area contributed by atoms with Crippen LogP contribution in [-0.4, -0.2) is 29.7 Å². The molecule has 1 aromatic heterocycles. The molecule has 0 aliphatic heterocycles. The van der Waals surface area contributed by atoms with E-state index in [0.717, 1.165) is 13.2 Å². The predicted octanol–water partition coefficient (Wildman–Crippen LogP) is 3.35. The van der Waals surface area contributed by atoms with Gasteiger partial charge in [-0.3, -0.25) is 10.1 Å². The molecule has 27 heavy (non-hydrogen) atoms. The molecule has 0 saturated carbocycles. The summed E-state index contributed by atoms with van der Waals surface area (Å²) in [5.74, 6) is -0.444. The van der Waals surface area contributed by atoms with E-state index in [0.29, 0.717) is 0 Å². The van der Waals surface area contributed by atoms with Crippen molar-refractivity contribution in [3.63, 3.8) is 0 Å². The number of nitrogens with one attached hydrogen (secondary N) is 1. The first-order chi connectivity index (χ1) is 12.7. The van der Waals surface area contributed by atoms with E-state index in [4.69, 9.17) is 4.74 Å². The van der Waals surface area contributed by atoms with Gasteiger partial charge in [-0.05, 0) is 30.2 Å². The molecule has 0 spiro atoms. The van der Waals surface area contributed by atoms with Crippen molar-refractivity contribution in [2.75, 3.05) is 13.7 Å². The van der Waals surface area contributed by atoms with Crippen LogP contribution < -0.4 is 14.8 Å². The van der Waals surface area contributed by atoms with Crippen molar-refractivity contribution in [1.29, 1.82) is 0 Å². The van der Waals surface area contributed by atoms with E-state index in [1.165, 1.54) is 30.5 Å². The number of hydrogen-bond acceptors (Lipinski definition) is 6. The third-order valence-electron chi connectivity index (χ3n) is 3.35. The SMILES string of the molecule is COc1ncc(CCNC(=O)Oc2ccc([N+](=O)[O-])cc2)cc1C(F)(F)F. The summed E-state index contributed by atoms with van der Waals surface area (Å²) < 4.78 is 48.3. The van der Waals surface area contributed by atoms with Gasteiger partial charge in [-0.1, -0.05) is 0 Å². The van der Waals surface area contributed by atoms with Gasteiger partial charge < -0.3 is 14.8 Å². The number of ether oxygens (including phenoxy) is 2. The maximum Gasteiger partial charge on any atom is 0.421 e. The van der Waals surface area contributed by atoms with Gasteiger partial charge in [0.1, 0.15) is 11.3 Å². The second kappa shape index (κ2) is 8.34. The number of pyridine rings is 1. The van der Waals surface area contributed by atoms with Crippen LogP contribution in [0.15, 0.2) is 36.5 Å². The summed E-state index contributed by atoms with van der Waals surface area (Å²) in [7, 11) is 1.09. The Kier molecular flexibility index (Phi) is 6.16. The molecule has 0 aliphatic carbocycles. The van der Waals surface area contributed by atoms with Gasteiger partial charge in [0.2, 0.25) is 5.88 Å². The minimum Gasteiger partial charge on any atom is -0.481 e. The second-order valence-corrected chi connectivity index (χ2v) is 5.22. The lowest BCUT2D eigenvalue weighted by Gasteiger charge is -2.12. The van der Waals surface area contributed by atoms with Crippen LogP contribution >= 0.6 is 0 Å². The van der Waals surface area contributed by atoms with Crippen LogP contribution in [0.2, 0.25) is 0 Å². The first kappa shape index (κ1) is 19.9. The topological polar surface area (TPSA) is 104 Å². The summed E-state index contributed by atoms with van der Waals surface area (Å²) in [6.07, 6.45) is -4.16. The normalized spacial score (nSPS) is 11.0. The minimum atomic E-state index is -4.61. The first-order valence-corrected chi connectivity index (χ1v) is 7.51. The Labute approximate surface area is 151 Å². The number of aromatic nitrogens is 1. The fourth-order valence-corrected chi connectivity index (χ4v) is 2.09. The third-order valence-corrected chi connectivity index (χ3v) is 3.35. The molecular weight excluding hydrogens is 371 g/mol. The fourth-order valence-electron chi connectivity index (χ4n) is 2.09. The van der Waals surface area contributed by atoms with E-state index in [1.54, 1.807) is 0 Å². The highest BCUT2D eigenvalue weighted by Crippen LogP contribution is 2.35. The summed E-state index contributed by atoms with van der Waals surface area (Å²) in [6.45, 7) is -0.00286. The Balaban J connectivity index is 1.90. The highest BCUT2D eigenvalue weighted by molar-refractivity contribution is 5.70. The number of benzene rings is 1. The Morgan fingerprint density at radius 1 is 1.30 bits per heavy atom. The number of methoxy groups -OCH3 is 1. The molecule has 0 atom stereocenters. The lowest BCUT2D eigenvalue weighted by Crippen LogP contribution is -2.28. The number of nitro groups is 1. The Bertz CT molecular complexity index is 825. The van der Waals surface area contributed by atoms with Crippen LogP contribution in [-0.2, 0) is 12.6 Å². The predicted molar refractivity (Wildman–Crippen MR) is 86.6 cm³/mol. The summed E-state index contributed by atoms with van der Waals surface area (Å²) in [6, 6.07) is 5.74. The Morgan fingerprint density at radius 3 is 2.52 bits per heavy atom. The van der Waals surface area contributed by atoms with Gasteiger partial charge in [0.05, 0.1) is 12.0 Å². The molecule has 0 unspecified atom stereocenters. The average Bonchev–Trinajstić information content (AvgIpc) is 2.61. The summed E-state index contributed by atoms with van der Waals surface area (Å²) >= 11 is 0. The maximum atomic E-state index is 12.9. The van der Waals surface area contributed by atoms with Gasteiger partial charge in [-0.25, -0.2) is 9.78 Å². The third kappa shape index (κ3) is 5.56. The largest absolute Gasteiger partial charge is 0.481 e. The molecule has 8 nitrogen and oxygen atoms in total. The zero-order valence-corrected chi connectivity index (χ0v) is 13.9. The molecule has 0 radical (unpaired) electrons. The van der Waals surface area contributed by atoms with Gasteiger partial charge in [-0.2, -0.15) is 13.2 Å². The molecule has 0 saturated heterocycles. The van der Waals surface area contributed by atoms with Crippen LogP contribution in [0.25, 0.3) is 0 Å². The van der Waals surface area contributed by atoms with Crippen LogP contribution in [0, 0.1) is 10.1 Å². The van der Waals surface area contributed by atoms with E-state index in [9.17, 15) is 28.1 Å². The number of carbonyl (C=O) groups is 1. The molecule has 0 fully saturated rings. The second-order valence-electron chi connectivity index (χ2n) is 5.22. The lowest BCUT2D eigenvalue weighted by molar-refractivity contribution is -0.384. The minimum absolute atomic E-state index is 0.00286. The number of nitrogens with zero attached hydrogens (tertiary/aromatic N) is 2. The van der Waals surface area contributed by atoms with Crippen LogP contribution in [0.4, 0.5) is 23.7 Å². The van der Waals surface area contributed by atoms with Gasteiger partial charge in [0, 0.05) is 24.9 Å². The van der Waals surface area contributed by atoms with Crippen LogP contribution in [0.5, 0.6) is 11.6 Å². The molecule has 2 rings (SSSR count). The molecule has 0 aliphatic rings. The molecule has 144 valence electrons. The highest BCUT2D eigenvalue weighted by Gasteiger charge is 2.35. The van der Waals surface area contributed by atoms with Crippen molar-refractivity contribution in [1.82, 2.24) is 10.3 Å². The number of amides is 1. The number of hydrogen-bond donors (Lipinski definition) is 1. The molecule has 1 heterocycles. The molecule has 1 N–H and O–H groups in total.